The third-order valence-corrected chi connectivity index (χ3v) is 4.57. The van der Waals surface area contributed by atoms with Gasteiger partial charge in [0.1, 0.15) is 5.75 Å². The molecule has 1 N–H and O–H groups in total. The number of methoxy groups -OCH3 is 1. The molecule has 0 bridgehead atoms. The fraction of sp³-hybridized carbons (Fsp3) is 0.391. The summed E-state index contributed by atoms with van der Waals surface area (Å²) < 4.78 is 5.44. The molecule has 0 aliphatic carbocycles. The number of amides is 1. The summed E-state index contributed by atoms with van der Waals surface area (Å²) in [6.45, 7) is 4.51. The smallest absolute Gasteiger partial charge is 0.224 e. The summed E-state index contributed by atoms with van der Waals surface area (Å²) in [5.74, 6) is 1.71. The van der Waals surface area contributed by atoms with Crippen LogP contribution in [0.25, 0.3) is 0 Å². The van der Waals surface area contributed by atoms with Crippen molar-refractivity contribution in [1.82, 2.24) is 15.1 Å². The van der Waals surface area contributed by atoms with Gasteiger partial charge < -0.3 is 19.9 Å². The highest BCUT2D eigenvalue weighted by Crippen LogP contribution is 2.18. The zero-order valence-electron chi connectivity index (χ0n) is 18.3. The van der Waals surface area contributed by atoms with E-state index in [1.165, 1.54) is 0 Å². The van der Waals surface area contributed by atoms with Gasteiger partial charge in [0, 0.05) is 45.7 Å². The number of benzene rings is 2. The van der Waals surface area contributed by atoms with Crippen LogP contribution in [0.1, 0.15) is 24.5 Å². The maximum absolute atomic E-state index is 12.4. The van der Waals surface area contributed by atoms with Crippen LogP contribution in [-0.4, -0.2) is 56.0 Å². The predicted molar refractivity (Wildman–Crippen MR) is 133 cm³/mol. The molecule has 2 aromatic carbocycles. The van der Waals surface area contributed by atoms with Crippen molar-refractivity contribution in [2.75, 3.05) is 34.3 Å². The minimum atomic E-state index is 0. The lowest BCUT2D eigenvalue weighted by Crippen LogP contribution is -2.38. The number of para-hydroxylation sites is 1. The average Bonchev–Trinajstić information content (AvgIpc) is 2.74. The number of carbonyl (C=O) groups is 1. The van der Waals surface area contributed by atoms with Crippen LogP contribution in [0.15, 0.2) is 59.6 Å². The molecule has 0 fully saturated rings. The third-order valence-electron chi connectivity index (χ3n) is 4.57. The van der Waals surface area contributed by atoms with Crippen LogP contribution >= 0.6 is 24.0 Å². The van der Waals surface area contributed by atoms with Gasteiger partial charge in [-0.15, -0.1) is 24.0 Å². The molecule has 7 heteroatoms. The first kappa shape index (κ1) is 25.7. The van der Waals surface area contributed by atoms with E-state index in [0.29, 0.717) is 26.1 Å². The SMILES string of the molecule is CCNC(=NCCC(=O)N(C)Cc1ccccc1)N(C)Cc1ccccc1OC.I. The van der Waals surface area contributed by atoms with E-state index < -0.39 is 0 Å². The molecule has 0 aliphatic rings. The number of hydrogen-bond acceptors (Lipinski definition) is 3. The Morgan fingerprint density at radius 3 is 2.33 bits per heavy atom. The molecule has 6 nitrogen and oxygen atoms in total. The van der Waals surface area contributed by atoms with Gasteiger partial charge in [-0.05, 0) is 18.6 Å². The summed E-state index contributed by atoms with van der Waals surface area (Å²) in [6, 6.07) is 17.9. The molecule has 0 radical (unpaired) electrons. The Morgan fingerprint density at radius 2 is 1.67 bits per heavy atom. The molecule has 1 amide bonds. The maximum Gasteiger partial charge on any atom is 0.224 e. The lowest BCUT2D eigenvalue weighted by Gasteiger charge is -2.23. The number of nitrogens with zero attached hydrogens (tertiary/aromatic N) is 3. The number of halogens is 1. The van der Waals surface area contributed by atoms with E-state index in [2.05, 4.69) is 10.3 Å². The fourth-order valence-corrected chi connectivity index (χ4v) is 3.03. The molecule has 0 aromatic heterocycles. The van der Waals surface area contributed by atoms with E-state index >= 15 is 0 Å². The van der Waals surface area contributed by atoms with E-state index in [4.69, 9.17) is 4.74 Å². The number of nitrogens with one attached hydrogen (secondary N) is 1. The fourth-order valence-electron chi connectivity index (χ4n) is 3.03. The highest BCUT2D eigenvalue weighted by molar-refractivity contribution is 14.0. The summed E-state index contributed by atoms with van der Waals surface area (Å²) >= 11 is 0. The monoisotopic (exact) mass is 524 g/mol. The van der Waals surface area contributed by atoms with Gasteiger partial charge in [-0.25, -0.2) is 0 Å². The van der Waals surface area contributed by atoms with Gasteiger partial charge in [0.2, 0.25) is 5.91 Å². The van der Waals surface area contributed by atoms with Crippen LogP contribution in [0.4, 0.5) is 0 Å². The van der Waals surface area contributed by atoms with E-state index in [0.717, 1.165) is 29.4 Å². The molecular weight excluding hydrogens is 491 g/mol. The lowest BCUT2D eigenvalue weighted by molar-refractivity contribution is -0.130. The highest BCUT2D eigenvalue weighted by Gasteiger charge is 2.12. The zero-order chi connectivity index (χ0) is 21.1. The molecule has 0 unspecified atom stereocenters. The van der Waals surface area contributed by atoms with Crippen LogP contribution in [-0.2, 0) is 17.9 Å². The molecule has 0 aliphatic heterocycles. The van der Waals surface area contributed by atoms with Gasteiger partial charge in [0.15, 0.2) is 5.96 Å². The maximum atomic E-state index is 12.4. The van der Waals surface area contributed by atoms with Crippen molar-refractivity contribution in [2.45, 2.75) is 26.4 Å². The summed E-state index contributed by atoms with van der Waals surface area (Å²) in [6.07, 6.45) is 0.376. The Hall–Kier alpha value is -2.29. The van der Waals surface area contributed by atoms with E-state index in [9.17, 15) is 4.79 Å². The molecule has 0 atom stereocenters. The first-order chi connectivity index (χ1) is 14.0. The Balaban J connectivity index is 0.00000450. The number of carbonyl (C=O) groups excluding carboxylic acids is 1. The molecule has 0 heterocycles. The Bertz CT molecular complexity index is 799. The van der Waals surface area contributed by atoms with E-state index in [-0.39, 0.29) is 29.9 Å². The standard InChI is InChI=1S/C23H32N4O2.HI/c1-5-24-23(27(3)18-20-13-9-10-14-21(20)29-4)25-16-15-22(28)26(2)17-19-11-7-6-8-12-19;/h6-14H,5,15-18H2,1-4H3,(H,24,25);1H. The first-order valence-electron chi connectivity index (χ1n) is 9.94. The minimum absolute atomic E-state index is 0. The van der Waals surface area contributed by atoms with Crippen molar-refractivity contribution < 1.29 is 9.53 Å². The Labute approximate surface area is 197 Å². The second-order valence-corrected chi connectivity index (χ2v) is 6.89. The van der Waals surface area contributed by atoms with E-state index in [1.807, 2.05) is 80.5 Å². The number of rotatable bonds is 9. The zero-order valence-corrected chi connectivity index (χ0v) is 20.6. The van der Waals surface area contributed by atoms with Crippen LogP contribution < -0.4 is 10.1 Å². The number of ether oxygens (including phenoxy) is 1. The van der Waals surface area contributed by atoms with Crippen LogP contribution in [0.3, 0.4) is 0 Å². The minimum Gasteiger partial charge on any atom is -0.496 e. The summed E-state index contributed by atoms with van der Waals surface area (Å²) in [7, 11) is 5.49. The van der Waals surface area contributed by atoms with Crippen molar-refractivity contribution in [3.63, 3.8) is 0 Å². The van der Waals surface area contributed by atoms with Crippen molar-refractivity contribution in [1.29, 1.82) is 0 Å². The molecule has 2 rings (SSSR count). The van der Waals surface area contributed by atoms with Gasteiger partial charge in [-0.3, -0.25) is 9.79 Å². The third kappa shape index (κ3) is 8.22. The van der Waals surface area contributed by atoms with Gasteiger partial charge in [-0.2, -0.15) is 0 Å². The van der Waals surface area contributed by atoms with Crippen LogP contribution in [0.2, 0.25) is 0 Å². The van der Waals surface area contributed by atoms with Crippen LogP contribution in [0.5, 0.6) is 5.75 Å². The lowest BCUT2D eigenvalue weighted by atomic mass is 10.2. The second kappa shape index (κ2) is 13.8. The molecule has 30 heavy (non-hydrogen) atoms. The predicted octanol–water partition coefficient (Wildman–Crippen LogP) is 3.76. The second-order valence-electron chi connectivity index (χ2n) is 6.89. The van der Waals surface area contributed by atoms with E-state index in [1.54, 1.807) is 12.0 Å². The Morgan fingerprint density at radius 1 is 1.00 bits per heavy atom. The average molecular weight is 524 g/mol. The topological polar surface area (TPSA) is 57.2 Å². The number of guanidine groups is 1. The van der Waals surface area contributed by atoms with Crippen molar-refractivity contribution >= 4 is 35.8 Å². The molecule has 0 saturated carbocycles. The molecular formula is C23H33IN4O2. The first-order valence-corrected chi connectivity index (χ1v) is 9.94. The molecule has 164 valence electrons. The number of aliphatic imine (C=N–C) groups is 1. The van der Waals surface area contributed by atoms with Gasteiger partial charge >= 0.3 is 0 Å². The van der Waals surface area contributed by atoms with Crippen molar-refractivity contribution in [2.24, 2.45) is 4.99 Å². The summed E-state index contributed by atoms with van der Waals surface area (Å²) in [5, 5.41) is 3.29. The highest BCUT2D eigenvalue weighted by atomic mass is 127. The summed E-state index contributed by atoms with van der Waals surface area (Å²) in [4.78, 5) is 20.9. The van der Waals surface area contributed by atoms with Crippen molar-refractivity contribution in [3.8, 4) is 5.75 Å². The molecule has 2 aromatic rings. The largest absolute Gasteiger partial charge is 0.496 e. The number of hydrogen-bond donors (Lipinski definition) is 1. The normalized spacial score (nSPS) is 10.7. The quantitative estimate of drug-likeness (QED) is 0.309. The molecule has 0 saturated heterocycles. The molecule has 0 spiro atoms. The van der Waals surface area contributed by atoms with Gasteiger partial charge in [0.25, 0.3) is 0 Å². The van der Waals surface area contributed by atoms with Crippen LogP contribution in [0, 0.1) is 0 Å². The van der Waals surface area contributed by atoms with Crippen molar-refractivity contribution in [3.05, 3.63) is 65.7 Å². The van der Waals surface area contributed by atoms with Gasteiger partial charge in [0.05, 0.1) is 13.7 Å². The Kier molecular flexibility index (Phi) is 11.9. The van der Waals surface area contributed by atoms with Gasteiger partial charge in [-0.1, -0.05) is 48.5 Å². The summed E-state index contributed by atoms with van der Waals surface area (Å²) in [5.41, 5.74) is 2.21.